The van der Waals surface area contributed by atoms with E-state index in [1.165, 1.54) is 13.3 Å². The molecule has 0 unspecified atom stereocenters. The number of hydrogen-bond acceptors (Lipinski definition) is 6. The van der Waals surface area contributed by atoms with Crippen molar-refractivity contribution in [2.75, 3.05) is 25.1 Å². The number of methoxy groups -OCH3 is 1. The molecule has 0 radical (unpaired) electrons. The largest absolute Gasteiger partial charge is 0.492 e. The summed E-state index contributed by atoms with van der Waals surface area (Å²) in [5.74, 6) is -1.71. The minimum absolute atomic E-state index is 0.00294. The van der Waals surface area contributed by atoms with Crippen LogP contribution in [0.2, 0.25) is 0 Å². The van der Waals surface area contributed by atoms with Gasteiger partial charge in [-0.3, -0.25) is 4.79 Å². The van der Waals surface area contributed by atoms with Crippen LogP contribution in [0.1, 0.15) is 42.1 Å². The van der Waals surface area contributed by atoms with Crippen molar-refractivity contribution in [3.63, 3.8) is 0 Å². The van der Waals surface area contributed by atoms with Crippen molar-refractivity contribution in [3.05, 3.63) is 33.9 Å². The molecule has 158 valence electrons. The predicted molar refractivity (Wildman–Crippen MR) is 108 cm³/mol. The lowest BCUT2D eigenvalue weighted by Crippen LogP contribution is -2.32. The molecule has 30 heavy (non-hydrogen) atoms. The normalized spacial score (nSPS) is 19.7. The Kier molecular flexibility index (Phi) is 5.12. The Morgan fingerprint density at radius 1 is 1.47 bits per heavy atom. The fourth-order valence-electron chi connectivity index (χ4n) is 4.34. The first-order chi connectivity index (χ1) is 14.4. The van der Waals surface area contributed by atoms with E-state index in [4.69, 9.17) is 15.7 Å². The highest BCUT2D eigenvalue weighted by molar-refractivity contribution is 5.97. The van der Waals surface area contributed by atoms with Crippen LogP contribution in [-0.4, -0.2) is 41.9 Å². The molecular weight excluding hydrogens is 391 g/mol. The van der Waals surface area contributed by atoms with Crippen molar-refractivity contribution in [1.29, 1.82) is 5.26 Å². The molecule has 2 atom stereocenters. The fraction of sp³-hybridized carbons (Fsp3) is 0.476. The van der Waals surface area contributed by atoms with Gasteiger partial charge in [0.1, 0.15) is 11.3 Å². The Balaban J connectivity index is 1.89. The second kappa shape index (κ2) is 7.61. The zero-order valence-corrected chi connectivity index (χ0v) is 16.6. The molecule has 4 rings (SSSR count). The minimum Gasteiger partial charge on any atom is -0.492 e. The third-order valence-electron chi connectivity index (χ3n) is 6.05. The summed E-state index contributed by atoms with van der Waals surface area (Å²) < 4.78 is 22.6. The number of carboxylic acid groups (broad SMARTS) is 1. The maximum atomic E-state index is 15.3. The first-order valence-electron chi connectivity index (χ1n) is 9.93. The van der Waals surface area contributed by atoms with E-state index in [1.54, 1.807) is 4.57 Å². The number of rotatable bonds is 6. The van der Waals surface area contributed by atoms with Crippen molar-refractivity contribution in [2.45, 2.75) is 37.8 Å². The number of halogens is 1. The van der Waals surface area contributed by atoms with Crippen LogP contribution >= 0.6 is 0 Å². The summed E-state index contributed by atoms with van der Waals surface area (Å²) in [7, 11) is 1.42. The molecule has 0 amide bonds. The molecule has 1 saturated heterocycles. The standard InChI is InChI=1S/C21H23FN4O4/c1-30-20-17-13(19(27)14(21(28)29)10-26(17)12-2-3-12)8-15(22)18(20)25-7-5-11(9-25)16(24)4-6-23/h8,10-12,16H,2-5,7,9,24H2,1H3,(H,28,29)/t11-,16+/m1/s1. The molecule has 0 spiro atoms. The molecule has 2 heterocycles. The zero-order chi connectivity index (χ0) is 21.6. The molecule has 2 aliphatic rings. The molecular formula is C21H23FN4O4. The lowest BCUT2D eigenvalue weighted by Gasteiger charge is -2.25. The first kappa shape index (κ1) is 20.2. The molecule has 1 aromatic carbocycles. The van der Waals surface area contributed by atoms with Gasteiger partial charge in [-0.05, 0) is 31.2 Å². The van der Waals surface area contributed by atoms with E-state index in [9.17, 15) is 14.7 Å². The van der Waals surface area contributed by atoms with Crippen LogP contribution in [0.15, 0.2) is 17.1 Å². The van der Waals surface area contributed by atoms with E-state index in [0.29, 0.717) is 18.6 Å². The van der Waals surface area contributed by atoms with Crippen molar-refractivity contribution in [2.24, 2.45) is 11.7 Å². The Hall–Kier alpha value is -3.12. The molecule has 9 heteroatoms. The monoisotopic (exact) mass is 414 g/mol. The third-order valence-corrected chi connectivity index (χ3v) is 6.05. The van der Waals surface area contributed by atoms with Crippen LogP contribution in [0.3, 0.4) is 0 Å². The van der Waals surface area contributed by atoms with E-state index < -0.39 is 17.2 Å². The van der Waals surface area contributed by atoms with Gasteiger partial charge in [0.25, 0.3) is 0 Å². The van der Waals surface area contributed by atoms with Crippen molar-refractivity contribution < 1.29 is 19.0 Å². The molecule has 2 aromatic rings. The van der Waals surface area contributed by atoms with Crippen molar-refractivity contribution in [3.8, 4) is 11.8 Å². The highest BCUT2D eigenvalue weighted by Crippen LogP contribution is 2.44. The number of aromatic nitrogens is 1. The topological polar surface area (TPSA) is 122 Å². The van der Waals surface area contributed by atoms with E-state index in [-0.39, 0.29) is 46.8 Å². The number of nitrogens with zero attached hydrogens (tertiary/aromatic N) is 3. The van der Waals surface area contributed by atoms with Crippen LogP contribution in [0, 0.1) is 23.1 Å². The number of anilines is 1. The van der Waals surface area contributed by atoms with Gasteiger partial charge in [0, 0.05) is 31.4 Å². The molecule has 0 bridgehead atoms. The smallest absolute Gasteiger partial charge is 0.341 e. The van der Waals surface area contributed by atoms with E-state index in [0.717, 1.165) is 25.3 Å². The van der Waals surface area contributed by atoms with E-state index in [1.807, 2.05) is 4.90 Å². The summed E-state index contributed by atoms with van der Waals surface area (Å²) in [6.45, 7) is 1.02. The number of nitriles is 1. The SMILES string of the molecule is COc1c(N2CC[C@@H]([C@@H](N)CC#N)C2)c(F)cc2c(=O)c(C(=O)O)cn(C3CC3)c12. The van der Waals surface area contributed by atoms with Crippen LogP contribution < -0.4 is 20.8 Å². The van der Waals surface area contributed by atoms with Crippen LogP contribution in [0.5, 0.6) is 5.75 Å². The Morgan fingerprint density at radius 3 is 2.80 bits per heavy atom. The van der Waals surface area contributed by atoms with Gasteiger partial charge >= 0.3 is 5.97 Å². The summed E-state index contributed by atoms with van der Waals surface area (Å²) in [5.41, 5.74) is 5.64. The van der Waals surface area contributed by atoms with E-state index >= 15 is 4.39 Å². The summed E-state index contributed by atoms with van der Waals surface area (Å²) in [4.78, 5) is 26.1. The van der Waals surface area contributed by atoms with Gasteiger partial charge in [0.15, 0.2) is 11.6 Å². The highest BCUT2D eigenvalue weighted by Gasteiger charge is 2.34. The molecule has 3 N–H and O–H groups in total. The highest BCUT2D eigenvalue weighted by atomic mass is 19.1. The molecule has 8 nitrogen and oxygen atoms in total. The van der Waals surface area contributed by atoms with E-state index in [2.05, 4.69) is 6.07 Å². The van der Waals surface area contributed by atoms with Crippen LogP contribution in [-0.2, 0) is 0 Å². The van der Waals surface area contributed by atoms with Gasteiger partial charge in [-0.15, -0.1) is 0 Å². The Bertz CT molecular complexity index is 1120. The average molecular weight is 414 g/mol. The van der Waals surface area contributed by atoms with Gasteiger partial charge < -0.3 is 25.0 Å². The Labute approximate surface area is 172 Å². The van der Waals surface area contributed by atoms with Gasteiger partial charge in [-0.1, -0.05) is 0 Å². The first-order valence-corrected chi connectivity index (χ1v) is 9.93. The Morgan fingerprint density at radius 2 is 2.20 bits per heavy atom. The van der Waals surface area contributed by atoms with Crippen LogP contribution in [0.25, 0.3) is 10.9 Å². The molecule has 1 saturated carbocycles. The minimum atomic E-state index is -1.34. The number of pyridine rings is 1. The second-order valence-electron chi connectivity index (χ2n) is 7.97. The lowest BCUT2D eigenvalue weighted by molar-refractivity contribution is 0.0695. The third kappa shape index (κ3) is 3.27. The quantitative estimate of drug-likeness (QED) is 0.743. The number of ether oxygens (including phenoxy) is 1. The number of hydrogen-bond donors (Lipinski definition) is 2. The van der Waals surface area contributed by atoms with Crippen molar-refractivity contribution >= 4 is 22.6 Å². The van der Waals surface area contributed by atoms with Crippen LogP contribution in [0.4, 0.5) is 10.1 Å². The molecule has 1 aromatic heterocycles. The van der Waals surface area contributed by atoms with Crippen molar-refractivity contribution in [1.82, 2.24) is 4.57 Å². The molecule has 1 aliphatic heterocycles. The molecule has 1 aliphatic carbocycles. The summed E-state index contributed by atoms with van der Waals surface area (Å²) in [6.07, 6.45) is 3.99. The van der Waals surface area contributed by atoms with Gasteiger partial charge in [-0.25, -0.2) is 9.18 Å². The second-order valence-corrected chi connectivity index (χ2v) is 7.97. The molecule has 2 fully saturated rings. The maximum Gasteiger partial charge on any atom is 0.341 e. The number of nitrogens with two attached hydrogens (primary N) is 1. The average Bonchev–Trinajstić information content (AvgIpc) is 3.44. The predicted octanol–water partition coefficient (Wildman–Crippen LogP) is 2.25. The van der Waals surface area contributed by atoms with Gasteiger partial charge in [0.05, 0.1) is 30.5 Å². The van der Waals surface area contributed by atoms with Gasteiger partial charge in [-0.2, -0.15) is 5.26 Å². The zero-order valence-electron chi connectivity index (χ0n) is 16.6. The van der Waals surface area contributed by atoms with Gasteiger partial charge in [0.2, 0.25) is 5.43 Å². The number of carboxylic acids is 1. The number of carbonyl (C=O) groups is 1. The summed E-state index contributed by atoms with van der Waals surface area (Å²) >= 11 is 0. The fourth-order valence-corrected chi connectivity index (χ4v) is 4.34. The maximum absolute atomic E-state index is 15.3. The summed E-state index contributed by atoms with van der Waals surface area (Å²) in [5, 5.41) is 18.3. The number of fused-ring (bicyclic) bond motifs is 1. The summed E-state index contributed by atoms with van der Waals surface area (Å²) in [6, 6.07) is 2.95. The lowest BCUT2D eigenvalue weighted by atomic mass is 9.98. The number of aromatic carboxylic acids is 1. The number of benzene rings is 1.